The highest BCUT2D eigenvalue weighted by atomic mass is 32.2. The summed E-state index contributed by atoms with van der Waals surface area (Å²) in [5, 5.41) is 3.10. The molecule has 7 heteroatoms. The Bertz CT molecular complexity index is 319. The third-order valence-corrected chi connectivity index (χ3v) is 3.90. The Hall–Kier alpha value is -0.210. The summed E-state index contributed by atoms with van der Waals surface area (Å²) in [6.07, 6.45) is 0. The number of sulfonamides is 1. The van der Waals surface area contributed by atoms with Gasteiger partial charge in [-0.15, -0.1) is 0 Å². The topological polar surface area (TPSA) is 76.7 Å². The van der Waals surface area contributed by atoms with Crippen LogP contribution in [-0.4, -0.2) is 52.3 Å². The quantitative estimate of drug-likeness (QED) is 0.688. The van der Waals surface area contributed by atoms with Gasteiger partial charge in [-0.25, -0.2) is 13.1 Å². The van der Waals surface area contributed by atoms with Crippen molar-refractivity contribution < 1.29 is 17.9 Å². The van der Waals surface area contributed by atoms with Crippen LogP contribution in [0.4, 0.5) is 0 Å². The largest absolute Gasteiger partial charge is 0.349 e. The molecule has 0 radical (unpaired) electrons. The molecule has 1 saturated heterocycles. The molecule has 1 aliphatic heterocycles. The summed E-state index contributed by atoms with van der Waals surface area (Å²) in [7, 11) is -3.15. The van der Waals surface area contributed by atoms with Crippen LogP contribution in [0.3, 0.4) is 0 Å². The predicted octanol–water partition coefficient (Wildman–Crippen LogP) is -0.333. The molecule has 0 bridgehead atoms. The molecule has 0 spiro atoms. The lowest BCUT2D eigenvalue weighted by Gasteiger charge is -2.35. The Balaban J connectivity index is 2.20. The molecule has 1 aliphatic rings. The van der Waals surface area contributed by atoms with Gasteiger partial charge in [0.25, 0.3) is 0 Å². The molecule has 0 aromatic heterocycles. The highest BCUT2D eigenvalue weighted by molar-refractivity contribution is 7.89. The van der Waals surface area contributed by atoms with Crippen molar-refractivity contribution in [2.75, 3.05) is 32.1 Å². The summed E-state index contributed by atoms with van der Waals surface area (Å²) < 4.78 is 36.1. The van der Waals surface area contributed by atoms with Crippen LogP contribution in [-0.2, 0) is 19.5 Å². The minimum absolute atomic E-state index is 0.0554. The normalized spacial score (nSPS) is 21.6. The van der Waals surface area contributed by atoms with Gasteiger partial charge in [0.05, 0.1) is 25.0 Å². The van der Waals surface area contributed by atoms with Crippen LogP contribution in [0.2, 0.25) is 0 Å². The first-order valence-electron chi connectivity index (χ1n) is 5.83. The van der Waals surface area contributed by atoms with Crippen molar-refractivity contribution in [2.45, 2.75) is 32.6 Å². The zero-order valence-electron chi connectivity index (χ0n) is 10.7. The van der Waals surface area contributed by atoms with Gasteiger partial charge < -0.3 is 14.8 Å². The van der Waals surface area contributed by atoms with Crippen LogP contribution in [0, 0.1) is 0 Å². The van der Waals surface area contributed by atoms with E-state index in [2.05, 4.69) is 10.0 Å². The van der Waals surface area contributed by atoms with Crippen molar-refractivity contribution >= 4 is 10.0 Å². The van der Waals surface area contributed by atoms with Crippen LogP contribution in [0.25, 0.3) is 0 Å². The summed E-state index contributed by atoms with van der Waals surface area (Å²) in [5.41, 5.74) is 0. The van der Waals surface area contributed by atoms with Gasteiger partial charge in [-0.2, -0.15) is 0 Å². The van der Waals surface area contributed by atoms with Gasteiger partial charge in [0, 0.05) is 13.1 Å². The van der Waals surface area contributed by atoms with E-state index in [-0.39, 0.29) is 11.8 Å². The second-order valence-corrected chi connectivity index (χ2v) is 6.42. The van der Waals surface area contributed by atoms with Crippen molar-refractivity contribution in [1.82, 2.24) is 10.0 Å². The van der Waals surface area contributed by atoms with Crippen LogP contribution in [0.1, 0.15) is 20.8 Å². The van der Waals surface area contributed by atoms with Gasteiger partial charge in [-0.3, -0.25) is 0 Å². The van der Waals surface area contributed by atoms with E-state index in [9.17, 15) is 8.42 Å². The smallest absolute Gasteiger partial charge is 0.212 e. The molecule has 0 atom stereocenters. The molecular weight excluding hydrogens is 244 g/mol. The highest BCUT2D eigenvalue weighted by Gasteiger charge is 2.27. The minimum Gasteiger partial charge on any atom is -0.349 e. The lowest BCUT2D eigenvalue weighted by atomic mass is 10.2. The van der Waals surface area contributed by atoms with Gasteiger partial charge >= 0.3 is 0 Å². The van der Waals surface area contributed by atoms with Crippen molar-refractivity contribution in [1.29, 1.82) is 0 Å². The van der Waals surface area contributed by atoms with Crippen molar-refractivity contribution in [3.8, 4) is 0 Å². The standard InChI is InChI=1S/C10H22N2O4S/c1-4-12-17(13,14)6-5-11-9-7-15-10(2,3)16-8-9/h9,11-12H,4-8H2,1-3H3. The van der Waals surface area contributed by atoms with Gasteiger partial charge in [0.1, 0.15) is 0 Å². The monoisotopic (exact) mass is 266 g/mol. The zero-order valence-corrected chi connectivity index (χ0v) is 11.5. The second-order valence-electron chi connectivity index (χ2n) is 4.49. The average molecular weight is 266 g/mol. The lowest BCUT2D eigenvalue weighted by molar-refractivity contribution is -0.252. The Morgan fingerprint density at radius 1 is 1.29 bits per heavy atom. The van der Waals surface area contributed by atoms with Gasteiger partial charge in [0.15, 0.2) is 5.79 Å². The van der Waals surface area contributed by atoms with E-state index in [1.54, 1.807) is 6.92 Å². The van der Waals surface area contributed by atoms with Crippen molar-refractivity contribution in [2.24, 2.45) is 0 Å². The lowest BCUT2D eigenvalue weighted by Crippen LogP contribution is -2.49. The summed E-state index contributed by atoms with van der Waals surface area (Å²) in [4.78, 5) is 0. The first-order chi connectivity index (χ1) is 7.85. The highest BCUT2D eigenvalue weighted by Crippen LogP contribution is 2.16. The molecule has 102 valence electrons. The number of hydrogen-bond acceptors (Lipinski definition) is 5. The fraction of sp³-hybridized carbons (Fsp3) is 1.00. The summed E-state index contributed by atoms with van der Waals surface area (Å²) in [6, 6.07) is 0.0554. The van der Waals surface area contributed by atoms with Crippen LogP contribution in [0.5, 0.6) is 0 Å². The molecule has 0 amide bonds. The molecule has 6 nitrogen and oxygen atoms in total. The van der Waals surface area contributed by atoms with E-state index in [0.717, 1.165) is 0 Å². The Morgan fingerprint density at radius 2 is 1.88 bits per heavy atom. The fourth-order valence-corrected chi connectivity index (χ4v) is 2.47. The van der Waals surface area contributed by atoms with E-state index in [1.807, 2.05) is 13.8 Å². The first-order valence-corrected chi connectivity index (χ1v) is 7.48. The molecule has 0 aromatic carbocycles. The number of hydrogen-bond donors (Lipinski definition) is 2. The molecule has 0 saturated carbocycles. The Kier molecular flexibility index (Phi) is 5.33. The van der Waals surface area contributed by atoms with E-state index in [4.69, 9.17) is 9.47 Å². The number of ether oxygens (including phenoxy) is 2. The number of rotatable bonds is 6. The van der Waals surface area contributed by atoms with E-state index in [0.29, 0.717) is 26.3 Å². The van der Waals surface area contributed by atoms with Crippen molar-refractivity contribution in [3.63, 3.8) is 0 Å². The van der Waals surface area contributed by atoms with E-state index < -0.39 is 15.8 Å². The minimum atomic E-state index is -3.15. The maximum atomic E-state index is 11.4. The molecule has 1 fully saturated rings. The molecule has 0 unspecified atom stereocenters. The van der Waals surface area contributed by atoms with E-state index in [1.165, 1.54) is 0 Å². The second kappa shape index (κ2) is 6.10. The Morgan fingerprint density at radius 3 is 2.41 bits per heavy atom. The molecule has 0 aliphatic carbocycles. The summed E-state index contributed by atoms with van der Waals surface area (Å²) in [6.45, 7) is 7.37. The maximum Gasteiger partial charge on any atom is 0.212 e. The maximum absolute atomic E-state index is 11.4. The SMILES string of the molecule is CCNS(=O)(=O)CCNC1COC(C)(C)OC1. The van der Waals surface area contributed by atoms with Gasteiger partial charge in [0.2, 0.25) is 10.0 Å². The average Bonchev–Trinajstić information content (AvgIpc) is 2.20. The molecule has 1 heterocycles. The van der Waals surface area contributed by atoms with E-state index >= 15 is 0 Å². The molecule has 1 rings (SSSR count). The number of nitrogens with one attached hydrogen (secondary N) is 2. The Labute approximate surface area is 103 Å². The molecule has 17 heavy (non-hydrogen) atoms. The molecular formula is C10H22N2O4S. The zero-order chi connectivity index (χ0) is 12.9. The first kappa shape index (κ1) is 14.8. The summed E-state index contributed by atoms with van der Waals surface area (Å²) >= 11 is 0. The van der Waals surface area contributed by atoms with Crippen LogP contribution < -0.4 is 10.0 Å². The predicted molar refractivity (Wildman–Crippen MR) is 65.2 cm³/mol. The van der Waals surface area contributed by atoms with Crippen LogP contribution in [0.15, 0.2) is 0 Å². The molecule has 0 aromatic rings. The van der Waals surface area contributed by atoms with Crippen LogP contribution >= 0.6 is 0 Å². The molecule has 2 N–H and O–H groups in total. The van der Waals surface area contributed by atoms with Gasteiger partial charge in [-0.1, -0.05) is 6.92 Å². The van der Waals surface area contributed by atoms with Crippen molar-refractivity contribution in [3.05, 3.63) is 0 Å². The van der Waals surface area contributed by atoms with Gasteiger partial charge in [-0.05, 0) is 13.8 Å². The summed E-state index contributed by atoms with van der Waals surface area (Å²) in [5.74, 6) is -0.464. The fourth-order valence-electron chi connectivity index (χ4n) is 1.50. The third-order valence-electron chi connectivity index (χ3n) is 2.43. The third kappa shape index (κ3) is 5.78.